The number of H-pyrrole nitrogens is 1. The summed E-state index contributed by atoms with van der Waals surface area (Å²) in [6.45, 7) is -0.195. The van der Waals surface area contributed by atoms with Crippen molar-refractivity contribution < 1.29 is 44.4 Å². The Morgan fingerprint density at radius 3 is 2.50 bits per heavy atom. The van der Waals surface area contributed by atoms with Crippen molar-refractivity contribution in [1.29, 1.82) is 0 Å². The van der Waals surface area contributed by atoms with Crippen LogP contribution in [0.15, 0.2) is 23.8 Å². The van der Waals surface area contributed by atoms with E-state index in [0.29, 0.717) is 0 Å². The molecule has 3 saturated heterocycles. The molecule has 44 heavy (non-hydrogen) atoms. The largest absolute Gasteiger partial charge is 0.382 e. The van der Waals surface area contributed by atoms with Crippen LogP contribution in [0.2, 0.25) is 0 Å². The SMILES string of the molecule is CP1(=O)OC[C@H]2O[C@@H](n3cnc4c(=O)[nH]c(N)nc43)[C@H](OS(=O)OC[C@H]3O[C@@H](n4cnc5c(N)ncnc54)[C@H](F)[C@@H]3O1)[C@@H]2F. The van der Waals surface area contributed by atoms with Gasteiger partial charge in [-0.15, -0.1) is 0 Å². The fourth-order valence-electron chi connectivity index (χ4n) is 5.22. The van der Waals surface area contributed by atoms with Gasteiger partial charge >= 0.3 is 19.0 Å². The van der Waals surface area contributed by atoms with Crippen molar-refractivity contribution in [3.05, 3.63) is 29.3 Å². The molecular formula is C21H23F2N10O9PS. The van der Waals surface area contributed by atoms with E-state index in [1.54, 1.807) is 0 Å². The Morgan fingerprint density at radius 2 is 1.70 bits per heavy atom. The number of nitrogens with zero attached hydrogens (tertiary/aromatic N) is 7. The number of nitrogens with two attached hydrogens (primary N) is 2. The Labute approximate surface area is 246 Å². The molecule has 0 spiro atoms. The highest BCUT2D eigenvalue weighted by Gasteiger charge is 2.53. The smallest absolute Gasteiger partial charge is 0.328 e. The van der Waals surface area contributed by atoms with Crippen molar-refractivity contribution in [3.63, 3.8) is 0 Å². The average molecular weight is 661 g/mol. The monoisotopic (exact) mass is 660 g/mol. The fourth-order valence-corrected chi connectivity index (χ4v) is 7.08. The van der Waals surface area contributed by atoms with Crippen LogP contribution in [0.4, 0.5) is 20.5 Å². The van der Waals surface area contributed by atoms with Gasteiger partial charge in [-0.3, -0.25) is 36.4 Å². The molecule has 0 radical (unpaired) electrons. The molecule has 3 fully saturated rings. The van der Waals surface area contributed by atoms with E-state index in [1.807, 2.05) is 0 Å². The van der Waals surface area contributed by atoms with Gasteiger partial charge in [-0.2, -0.15) is 9.19 Å². The third kappa shape index (κ3) is 4.96. The van der Waals surface area contributed by atoms with Gasteiger partial charge in [0.1, 0.15) is 30.2 Å². The molecule has 0 aromatic carbocycles. The van der Waals surface area contributed by atoms with Crippen LogP contribution in [-0.4, -0.2) is 99.9 Å². The molecule has 10 atom stereocenters. The van der Waals surface area contributed by atoms with Gasteiger partial charge in [0.05, 0.1) is 25.9 Å². The Balaban J connectivity index is 1.18. The predicted molar refractivity (Wildman–Crippen MR) is 143 cm³/mol. The number of nitrogens with one attached hydrogen (secondary N) is 1. The highest BCUT2D eigenvalue weighted by molar-refractivity contribution is 7.75. The van der Waals surface area contributed by atoms with Crippen molar-refractivity contribution in [3.8, 4) is 0 Å². The first-order valence-electron chi connectivity index (χ1n) is 12.9. The van der Waals surface area contributed by atoms with Crippen molar-refractivity contribution in [2.45, 2.75) is 49.2 Å². The molecule has 7 heterocycles. The van der Waals surface area contributed by atoms with Crippen LogP contribution in [0.1, 0.15) is 12.5 Å². The molecule has 2 bridgehead atoms. The summed E-state index contributed by atoms with van der Waals surface area (Å²) in [5, 5.41) is 0. The molecule has 0 amide bonds. The number of ether oxygens (including phenoxy) is 2. The molecule has 0 aliphatic carbocycles. The quantitative estimate of drug-likeness (QED) is 0.236. The molecule has 3 aliphatic rings. The number of rotatable bonds is 2. The number of hydrogen-bond donors (Lipinski definition) is 3. The van der Waals surface area contributed by atoms with Gasteiger partial charge in [0.15, 0.2) is 53.5 Å². The number of hydrogen-bond acceptors (Lipinski definition) is 16. The second kappa shape index (κ2) is 10.8. The standard InChI is InChI=1S/C21H23F2N10O9PS/c1-43(35)37-2-7-9(22)14(20(39-7)33-6-29-12-17(33)30-21(25)31-18(12)34)42-44(36)38-3-8-13(41-43)10(23)19(40-8)32-5-28-11-15(24)26-4-27-16(11)32/h4-10,13-14,19-20H,2-3H2,1H3,(H2,24,26,27)(H3,25,30,31,34)/t7-,8-,9-,10-,13-,14-,19-,20-,43?,44?/m1/s1. The number of imidazole rings is 2. The fraction of sp³-hybridized carbons (Fsp3) is 0.524. The lowest BCUT2D eigenvalue weighted by atomic mass is 10.1. The second-order valence-corrected chi connectivity index (χ2v) is 12.9. The van der Waals surface area contributed by atoms with Gasteiger partial charge in [0, 0.05) is 6.66 Å². The van der Waals surface area contributed by atoms with Crippen LogP contribution in [-0.2, 0) is 42.8 Å². The highest BCUT2D eigenvalue weighted by atomic mass is 32.2. The Hall–Kier alpha value is -3.50. The van der Waals surface area contributed by atoms with Crippen molar-refractivity contribution in [2.24, 2.45) is 0 Å². The van der Waals surface area contributed by atoms with E-state index < -0.39 is 86.9 Å². The molecule has 0 saturated carbocycles. The third-order valence-electron chi connectivity index (χ3n) is 7.22. The summed E-state index contributed by atoms with van der Waals surface area (Å²) in [7, 11) is -4.13. The maximum absolute atomic E-state index is 15.9. The molecule has 7 rings (SSSR count). The number of nitrogen functional groups attached to an aromatic ring is 2. The number of halogens is 2. The van der Waals surface area contributed by atoms with Gasteiger partial charge in [-0.1, -0.05) is 0 Å². The molecule has 4 aromatic rings. The Kier molecular flexibility index (Phi) is 7.20. The van der Waals surface area contributed by atoms with E-state index in [9.17, 15) is 13.6 Å². The summed E-state index contributed by atoms with van der Waals surface area (Å²) in [6.07, 6.45) is -9.24. The Morgan fingerprint density at radius 1 is 0.977 bits per heavy atom. The van der Waals surface area contributed by atoms with Crippen LogP contribution in [0.3, 0.4) is 0 Å². The first kappa shape index (κ1) is 29.2. The molecule has 236 valence electrons. The molecular weight excluding hydrogens is 637 g/mol. The average Bonchev–Trinajstić information content (AvgIpc) is 3.72. The minimum Gasteiger partial charge on any atom is -0.382 e. The minimum atomic E-state index is -4.13. The van der Waals surface area contributed by atoms with Crippen molar-refractivity contribution >= 4 is 53.1 Å². The van der Waals surface area contributed by atoms with E-state index >= 15 is 8.78 Å². The lowest BCUT2D eigenvalue weighted by Gasteiger charge is -2.24. The summed E-state index contributed by atoms with van der Waals surface area (Å²) in [5.74, 6) is -0.191. The van der Waals surface area contributed by atoms with Crippen LogP contribution >= 0.6 is 7.60 Å². The van der Waals surface area contributed by atoms with Gasteiger partial charge < -0.3 is 25.5 Å². The zero-order chi connectivity index (χ0) is 30.9. The number of aromatic amines is 1. The van der Waals surface area contributed by atoms with Gasteiger partial charge in [0.2, 0.25) is 5.95 Å². The van der Waals surface area contributed by atoms with Crippen molar-refractivity contribution in [2.75, 3.05) is 31.3 Å². The second-order valence-electron chi connectivity index (χ2n) is 10.1. The van der Waals surface area contributed by atoms with E-state index in [2.05, 4.69) is 29.9 Å². The van der Waals surface area contributed by atoms with E-state index in [-0.39, 0.29) is 34.1 Å². The molecule has 3 aliphatic heterocycles. The predicted octanol–water partition coefficient (Wildman–Crippen LogP) is -0.186. The molecule has 5 N–H and O–H groups in total. The van der Waals surface area contributed by atoms with Crippen LogP contribution in [0.5, 0.6) is 0 Å². The van der Waals surface area contributed by atoms with Gasteiger partial charge in [-0.05, 0) is 0 Å². The first-order valence-corrected chi connectivity index (χ1v) is 15.9. The molecule has 19 nitrogen and oxygen atoms in total. The van der Waals surface area contributed by atoms with Gasteiger partial charge in [0.25, 0.3) is 5.56 Å². The molecule has 2 unspecified atom stereocenters. The zero-order valence-electron chi connectivity index (χ0n) is 22.3. The van der Waals surface area contributed by atoms with E-state index in [0.717, 1.165) is 19.3 Å². The topological polar surface area (TPSA) is 249 Å². The summed E-state index contributed by atoms with van der Waals surface area (Å²) >= 11 is -2.66. The first-order chi connectivity index (χ1) is 21.0. The maximum Gasteiger partial charge on any atom is 0.328 e. The number of alkyl halides is 2. The summed E-state index contributed by atoms with van der Waals surface area (Å²) in [4.78, 5) is 34.6. The van der Waals surface area contributed by atoms with Gasteiger partial charge in [-0.25, -0.2) is 28.7 Å². The number of aromatic nitrogens is 8. The summed E-state index contributed by atoms with van der Waals surface area (Å²) < 4.78 is 93.7. The summed E-state index contributed by atoms with van der Waals surface area (Å²) in [6, 6.07) is 0. The van der Waals surface area contributed by atoms with E-state index in [4.69, 9.17) is 38.4 Å². The molecule has 23 heteroatoms. The maximum atomic E-state index is 15.9. The zero-order valence-corrected chi connectivity index (χ0v) is 24.0. The van der Waals surface area contributed by atoms with Crippen LogP contribution < -0.4 is 17.0 Å². The lowest BCUT2D eigenvalue weighted by molar-refractivity contribution is -0.0546. The van der Waals surface area contributed by atoms with Crippen LogP contribution in [0.25, 0.3) is 22.3 Å². The summed E-state index contributed by atoms with van der Waals surface area (Å²) in [5.41, 5.74) is 11.0. The van der Waals surface area contributed by atoms with Crippen molar-refractivity contribution in [1.82, 2.24) is 39.0 Å². The Bertz CT molecular complexity index is 1880. The lowest BCUT2D eigenvalue weighted by Crippen LogP contribution is -2.35. The van der Waals surface area contributed by atoms with Crippen LogP contribution in [0, 0.1) is 0 Å². The third-order valence-corrected chi connectivity index (χ3v) is 9.17. The minimum absolute atomic E-state index is 0.0550. The number of fused-ring (bicyclic) bond motifs is 5. The number of anilines is 2. The van der Waals surface area contributed by atoms with E-state index in [1.165, 1.54) is 15.5 Å². The highest BCUT2D eigenvalue weighted by Crippen LogP contribution is 2.51. The normalized spacial score (nSPS) is 36.6. The molecule has 4 aromatic heterocycles.